The fourth-order valence-corrected chi connectivity index (χ4v) is 4.04. The summed E-state index contributed by atoms with van der Waals surface area (Å²) >= 11 is 1.87. The van der Waals surface area contributed by atoms with Crippen LogP contribution in [-0.2, 0) is 13.0 Å². The van der Waals surface area contributed by atoms with Crippen molar-refractivity contribution in [2.24, 2.45) is 4.99 Å². The first-order valence-corrected chi connectivity index (χ1v) is 10.6. The van der Waals surface area contributed by atoms with Gasteiger partial charge in [0.05, 0.1) is 6.54 Å². The summed E-state index contributed by atoms with van der Waals surface area (Å²) in [5, 5.41) is 12.1. The molecule has 2 unspecified atom stereocenters. The number of benzene rings is 1. The predicted molar refractivity (Wildman–Crippen MR) is 128 cm³/mol. The van der Waals surface area contributed by atoms with Crippen molar-refractivity contribution in [2.75, 3.05) is 13.6 Å². The zero-order valence-electron chi connectivity index (χ0n) is 17.1. The van der Waals surface area contributed by atoms with Gasteiger partial charge in [0, 0.05) is 42.1 Å². The highest BCUT2D eigenvalue weighted by Crippen LogP contribution is 2.22. The summed E-state index contributed by atoms with van der Waals surface area (Å²) in [4.78, 5) is 10.3. The van der Waals surface area contributed by atoms with Gasteiger partial charge in [0.15, 0.2) is 11.8 Å². The average molecular weight is 514 g/mol. The van der Waals surface area contributed by atoms with E-state index >= 15 is 0 Å². The molecule has 0 spiro atoms. The van der Waals surface area contributed by atoms with Crippen molar-refractivity contribution in [2.45, 2.75) is 62.3 Å². The molecule has 0 fully saturated rings. The molecule has 28 heavy (non-hydrogen) atoms. The number of fused-ring (bicyclic) bond motifs is 1. The molecule has 1 aromatic heterocycles. The van der Waals surface area contributed by atoms with Gasteiger partial charge in [-0.15, -0.1) is 35.7 Å². The summed E-state index contributed by atoms with van der Waals surface area (Å²) in [5.74, 6) is 3.27. The van der Waals surface area contributed by atoms with E-state index < -0.39 is 0 Å². The molecule has 3 rings (SSSR count). The first kappa shape index (κ1) is 23.0. The minimum atomic E-state index is 0. The molecule has 0 aliphatic carbocycles. The van der Waals surface area contributed by atoms with Gasteiger partial charge in [-0.2, -0.15) is 5.10 Å². The maximum atomic E-state index is 4.66. The highest BCUT2D eigenvalue weighted by molar-refractivity contribution is 14.0. The van der Waals surface area contributed by atoms with Gasteiger partial charge < -0.3 is 10.6 Å². The Morgan fingerprint density at radius 2 is 2.04 bits per heavy atom. The Morgan fingerprint density at radius 3 is 2.71 bits per heavy atom. The standard InChI is InChI=1S/C20H30N6S.HI/c1-14(2)19-24-18-11-10-16(13-26(18)25-19)23-20(21-4)22-12-15(3)27-17-8-6-5-7-9-17;/h5-9,14-16H,10-13H2,1-4H3,(H2,21,22,23);1H. The molecule has 2 N–H and O–H groups in total. The Morgan fingerprint density at radius 1 is 1.29 bits per heavy atom. The lowest BCUT2D eigenvalue weighted by molar-refractivity contribution is 0.391. The maximum Gasteiger partial charge on any atom is 0.191 e. The Bertz CT molecular complexity index is 761. The number of hydrogen-bond donors (Lipinski definition) is 2. The molecule has 1 aromatic carbocycles. The van der Waals surface area contributed by atoms with Crippen LogP contribution in [0.25, 0.3) is 0 Å². The van der Waals surface area contributed by atoms with Gasteiger partial charge in [0.1, 0.15) is 5.82 Å². The van der Waals surface area contributed by atoms with Crippen LogP contribution in [-0.4, -0.2) is 45.6 Å². The van der Waals surface area contributed by atoms with Crippen LogP contribution < -0.4 is 10.6 Å². The topological polar surface area (TPSA) is 67.1 Å². The molecule has 8 heteroatoms. The number of hydrogen-bond acceptors (Lipinski definition) is 4. The quantitative estimate of drug-likeness (QED) is 0.267. The van der Waals surface area contributed by atoms with Crippen molar-refractivity contribution in [3.05, 3.63) is 42.0 Å². The van der Waals surface area contributed by atoms with E-state index in [1.54, 1.807) is 0 Å². The van der Waals surface area contributed by atoms with E-state index in [2.05, 4.69) is 75.4 Å². The molecule has 1 aliphatic rings. The number of aryl methyl sites for hydroxylation is 1. The van der Waals surface area contributed by atoms with Crippen LogP contribution in [0.15, 0.2) is 40.2 Å². The first-order valence-electron chi connectivity index (χ1n) is 9.67. The lowest BCUT2D eigenvalue weighted by atomic mass is 10.1. The average Bonchev–Trinajstić information content (AvgIpc) is 3.09. The van der Waals surface area contributed by atoms with Crippen molar-refractivity contribution >= 4 is 41.7 Å². The highest BCUT2D eigenvalue weighted by atomic mass is 127. The molecule has 154 valence electrons. The van der Waals surface area contributed by atoms with E-state index in [-0.39, 0.29) is 24.0 Å². The number of halogens is 1. The van der Waals surface area contributed by atoms with Crippen LogP contribution in [0.5, 0.6) is 0 Å². The van der Waals surface area contributed by atoms with Gasteiger partial charge in [-0.05, 0) is 18.6 Å². The fraction of sp³-hybridized carbons (Fsp3) is 0.550. The van der Waals surface area contributed by atoms with Crippen molar-refractivity contribution in [1.29, 1.82) is 0 Å². The van der Waals surface area contributed by atoms with Crippen molar-refractivity contribution < 1.29 is 0 Å². The van der Waals surface area contributed by atoms with Gasteiger partial charge in [-0.25, -0.2) is 9.67 Å². The van der Waals surface area contributed by atoms with E-state index in [1.807, 2.05) is 24.9 Å². The monoisotopic (exact) mass is 514 g/mol. The highest BCUT2D eigenvalue weighted by Gasteiger charge is 2.23. The third-order valence-corrected chi connectivity index (χ3v) is 5.71. The Labute approximate surface area is 189 Å². The smallest absolute Gasteiger partial charge is 0.191 e. The minimum absolute atomic E-state index is 0. The molecule has 0 saturated heterocycles. The Kier molecular flexibility index (Phi) is 9.07. The third-order valence-electron chi connectivity index (χ3n) is 4.59. The van der Waals surface area contributed by atoms with E-state index in [9.17, 15) is 0 Å². The minimum Gasteiger partial charge on any atom is -0.355 e. The van der Waals surface area contributed by atoms with E-state index in [1.165, 1.54) is 4.90 Å². The normalized spacial score (nSPS) is 17.6. The fourth-order valence-electron chi connectivity index (χ4n) is 3.09. The molecule has 1 aliphatic heterocycles. The second kappa shape index (κ2) is 11.0. The van der Waals surface area contributed by atoms with Gasteiger partial charge in [-0.1, -0.05) is 39.0 Å². The SMILES string of the molecule is CN=C(NCC(C)Sc1ccccc1)NC1CCc2nc(C(C)C)nn2C1.I. The van der Waals surface area contributed by atoms with Crippen molar-refractivity contribution in [3.8, 4) is 0 Å². The Hall–Kier alpha value is -1.29. The number of aromatic nitrogens is 3. The van der Waals surface area contributed by atoms with Crippen LogP contribution >= 0.6 is 35.7 Å². The van der Waals surface area contributed by atoms with Crippen LogP contribution in [0.3, 0.4) is 0 Å². The largest absolute Gasteiger partial charge is 0.355 e. The lowest BCUT2D eigenvalue weighted by Gasteiger charge is -2.26. The van der Waals surface area contributed by atoms with Crippen molar-refractivity contribution in [3.63, 3.8) is 0 Å². The second-order valence-electron chi connectivity index (χ2n) is 7.30. The van der Waals surface area contributed by atoms with Crippen LogP contribution in [0.1, 0.15) is 44.8 Å². The van der Waals surface area contributed by atoms with E-state index in [0.29, 0.717) is 17.2 Å². The number of rotatable bonds is 6. The molecule has 0 bridgehead atoms. The zero-order chi connectivity index (χ0) is 19.2. The molecular weight excluding hydrogens is 483 g/mol. The molecule has 2 aromatic rings. The van der Waals surface area contributed by atoms with Crippen LogP contribution in [0, 0.1) is 0 Å². The molecule has 0 radical (unpaired) electrons. The molecular formula is C20H31IN6S. The number of aliphatic imine (C=N–C) groups is 1. The van der Waals surface area contributed by atoms with E-state index in [0.717, 1.165) is 43.5 Å². The van der Waals surface area contributed by atoms with Gasteiger partial charge in [-0.3, -0.25) is 4.99 Å². The zero-order valence-corrected chi connectivity index (χ0v) is 20.2. The third kappa shape index (κ3) is 6.37. The molecule has 0 saturated carbocycles. The number of nitrogens with one attached hydrogen (secondary N) is 2. The summed E-state index contributed by atoms with van der Waals surface area (Å²) in [5.41, 5.74) is 0. The van der Waals surface area contributed by atoms with Crippen LogP contribution in [0.2, 0.25) is 0 Å². The lowest BCUT2D eigenvalue weighted by Crippen LogP contribution is -2.48. The summed E-state index contributed by atoms with van der Waals surface area (Å²) < 4.78 is 2.05. The predicted octanol–water partition coefficient (Wildman–Crippen LogP) is 3.68. The second-order valence-corrected chi connectivity index (χ2v) is 8.81. The molecule has 6 nitrogen and oxygen atoms in total. The summed E-state index contributed by atoms with van der Waals surface area (Å²) in [6, 6.07) is 10.8. The number of nitrogens with zero attached hydrogens (tertiary/aromatic N) is 4. The van der Waals surface area contributed by atoms with E-state index in [4.69, 9.17) is 0 Å². The van der Waals surface area contributed by atoms with Gasteiger partial charge in [0.25, 0.3) is 0 Å². The van der Waals surface area contributed by atoms with Gasteiger partial charge >= 0.3 is 0 Å². The molecule has 0 amide bonds. The maximum absolute atomic E-state index is 4.66. The Balaban J connectivity index is 0.00000280. The number of thioether (sulfide) groups is 1. The number of guanidine groups is 1. The van der Waals surface area contributed by atoms with Gasteiger partial charge in [0.2, 0.25) is 0 Å². The summed E-state index contributed by atoms with van der Waals surface area (Å²) in [7, 11) is 1.82. The summed E-state index contributed by atoms with van der Waals surface area (Å²) in [6.45, 7) is 8.20. The van der Waals surface area contributed by atoms with Crippen LogP contribution in [0.4, 0.5) is 0 Å². The first-order chi connectivity index (χ1) is 13.0. The summed E-state index contributed by atoms with van der Waals surface area (Å²) in [6.07, 6.45) is 2.00. The molecule has 2 atom stereocenters. The molecule has 2 heterocycles. The van der Waals surface area contributed by atoms with Crippen molar-refractivity contribution in [1.82, 2.24) is 25.4 Å².